The van der Waals surface area contributed by atoms with E-state index in [1.54, 1.807) is 7.11 Å². The molecule has 1 aromatic rings. The van der Waals surface area contributed by atoms with Crippen LogP contribution in [0.3, 0.4) is 0 Å². The van der Waals surface area contributed by atoms with E-state index < -0.39 is 5.60 Å². The van der Waals surface area contributed by atoms with Crippen LogP contribution in [-0.2, 0) is 16.0 Å². The summed E-state index contributed by atoms with van der Waals surface area (Å²) in [4.78, 5) is 17.1. The van der Waals surface area contributed by atoms with Crippen LogP contribution < -0.4 is 0 Å². The molecular weight excluding hydrogens is 316 g/mol. The largest absolute Gasteiger partial charge is 0.444 e. The third-order valence-corrected chi connectivity index (χ3v) is 4.30. The molecule has 140 valence electrons. The molecule has 0 spiro atoms. The Bertz CT molecular complexity index is 566. The smallest absolute Gasteiger partial charge is 0.411 e. The molecule has 1 saturated heterocycles. The molecular formula is C20H32N2O3. The Morgan fingerprint density at radius 2 is 1.88 bits per heavy atom. The third kappa shape index (κ3) is 5.44. The third-order valence-electron chi connectivity index (χ3n) is 4.30. The van der Waals surface area contributed by atoms with E-state index >= 15 is 0 Å². The van der Waals surface area contributed by atoms with Gasteiger partial charge in [-0.15, -0.1) is 0 Å². The van der Waals surface area contributed by atoms with Gasteiger partial charge in [-0.05, 0) is 40.2 Å². The minimum atomic E-state index is -0.508. The van der Waals surface area contributed by atoms with Gasteiger partial charge in [-0.3, -0.25) is 9.80 Å². The van der Waals surface area contributed by atoms with Gasteiger partial charge >= 0.3 is 6.09 Å². The Balaban J connectivity index is 2.17. The second-order valence-corrected chi connectivity index (χ2v) is 8.43. The van der Waals surface area contributed by atoms with Gasteiger partial charge in [-0.1, -0.05) is 30.3 Å². The number of carbonyl (C=O) groups excluding carboxylic acids is 1. The molecule has 0 bridgehead atoms. The van der Waals surface area contributed by atoms with Gasteiger partial charge in [0.2, 0.25) is 0 Å². The summed E-state index contributed by atoms with van der Waals surface area (Å²) in [6.07, 6.45) is -0.265. The summed E-state index contributed by atoms with van der Waals surface area (Å²) in [5.41, 5.74) is 0.435. The van der Waals surface area contributed by atoms with E-state index in [9.17, 15) is 4.79 Å². The maximum atomic E-state index is 12.8. The van der Waals surface area contributed by atoms with Crippen molar-refractivity contribution in [3.05, 3.63) is 35.9 Å². The van der Waals surface area contributed by atoms with Crippen LogP contribution in [0, 0.1) is 0 Å². The second-order valence-electron chi connectivity index (χ2n) is 8.43. The average Bonchev–Trinajstić information content (AvgIpc) is 2.45. The normalized spacial score (nSPS) is 21.2. The van der Waals surface area contributed by atoms with Gasteiger partial charge in [0.05, 0.1) is 18.2 Å². The maximum absolute atomic E-state index is 12.8. The van der Waals surface area contributed by atoms with E-state index in [1.807, 2.05) is 31.7 Å². The molecule has 25 heavy (non-hydrogen) atoms. The fourth-order valence-corrected chi connectivity index (χ4v) is 3.55. The summed E-state index contributed by atoms with van der Waals surface area (Å²) in [5.74, 6) is 0. The SMILES string of the molecule is COCC1CN(Cc2ccccc2)CC(C)(C)N1C(=O)OC(C)(C)C. The van der Waals surface area contributed by atoms with Crippen LogP contribution in [0.5, 0.6) is 0 Å². The second kappa shape index (κ2) is 7.75. The molecule has 5 nitrogen and oxygen atoms in total. The molecule has 2 rings (SSSR count). The number of rotatable bonds is 4. The Labute approximate surface area is 151 Å². The lowest BCUT2D eigenvalue weighted by Gasteiger charge is -2.51. The summed E-state index contributed by atoms with van der Waals surface area (Å²) >= 11 is 0. The van der Waals surface area contributed by atoms with E-state index in [4.69, 9.17) is 9.47 Å². The highest BCUT2D eigenvalue weighted by molar-refractivity contribution is 5.70. The van der Waals surface area contributed by atoms with Gasteiger partial charge in [-0.2, -0.15) is 0 Å². The predicted octanol–water partition coefficient (Wildman–Crippen LogP) is 3.53. The summed E-state index contributed by atoms with van der Waals surface area (Å²) in [5, 5.41) is 0. The monoisotopic (exact) mass is 348 g/mol. The van der Waals surface area contributed by atoms with Crippen molar-refractivity contribution >= 4 is 6.09 Å². The van der Waals surface area contributed by atoms with Crippen molar-refractivity contribution in [1.82, 2.24) is 9.80 Å². The molecule has 1 unspecified atom stereocenters. The summed E-state index contributed by atoms with van der Waals surface area (Å²) in [6, 6.07) is 10.4. The molecule has 0 N–H and O–H groups in total. The lowest BCUT2D eigenvalue weighted by atomic mass is 9.95. The summed E-state index contributed by atoms with van der Waals surface area (Å²) in [7, 11) is 1.68. The zero-order chi connectivity index (χ0) is 18.7. The summed E-state index contributed by atoms with van der Waals surface area (Å²) in [6.45, 7) is 12.8. The number of ether oxygens (including phenoxy) is 2. The van der Waals surface area contributed by atoms with Crippen molar-refractivity contribution in [2.45, 2.75) is 58.3 Å². The van der Waals surface area contributed by atoms with Gasteiger partial charge in [-0.25, -0.2) is 4.79 Å². The number of carbonyl (C=O) groups is 1. The molecule has 0 aliphatic carbocycles. The van der Waals surface area contributed by atoms with Crippen molar-refractivity contribution in [3.8, 4) is 0 Å². The molecule has 1 atom stereocenters. The van der Waals surface area contributed by atoms with Crippen LogP contribution in [0.1, 0.15) is 40.2 Å². The standard InChI is InChI=1S/C20H32N2O3/c1-19(2,3)25-18(23)22-17(14-24-6)13-21(15-20(22,4)5)12-16-10-8-7-9-11-16/h7-11,17H,12-15H2,1-6H3. The van der Waals surface area contributed by atoms with Crippen LogP contribution in [0.2, 0.25) is 0 Å². The van der Waals surface area contributed by atoms with Crippen LogP contribution in [0.25, 0.3) is 0 Å². The van der Waals surface area contributed by atoms with E-state index in [0.29, 0.717) is 6.61 Å². The fourth-order valence-electron chi connectivity index (χ4n) is 3.55. The van der Waals surface area contributed by atoms with Crippen LogP contribution in [0.15, 0.2) is 30.3 Å². The number of hydrogen-bond acceptors (Lipinski definition) is 4. The number of amides is 1. The van der Waals surface area contributed by atoms with Gasteiger partial charge in [0.25, 0.3) is 0 Å². The highest BCUT2D eigenvalue weighted by Crippen LogP contribution is 2.28. The van der Waals surface area contributed by atoms with Gasteiger partial charge < -0.3 is 9.47 Å². The van der Waals surface area contributed by atoms with Crippen LogP contribution in [-0.4, -0.2) is 59.9 Å². The van der Waals surface area contributed by atoms with Gasteiger partial charge in [0.15, 0.2) is 0 Å². The van der Waals surface area contributed by atoms with Gasteiger partial charge in [0, 0.05) is 26.7 Å². The highest BCUT2D eigenvalue weighted by atomic mass is 16.6. The minimum absolute atomic E-state index is 0.0349. The molecule has 0 aromatic heterocycles. The Kier molecular flexibility index (Phi) is 6.12. The van der Waals surface area contributed by atoms with Crippen molar-refractivity contribution in [2.75, 3.05) is 26.8 Å². The Hall–Kier alpha value is -1.59. The topological polar surface area (TPSA) is 42.0 Å². The first-order chi connectivity index (χ1) is 11.6. The molecule has 1 amide bonds. The Morgan fingerprint density at radius 1 is 1.24 bits per heavy atom. The number of nitrogens with zero attached hydrogens (tertiary/aromatic N) is 2. The number of hydrogen-bond donors (Lipinski definition) is 0. The molecule has 1 fully saturated rings. The lowest BCUT2D eigenvalue weighted by molar-refractivity contribution is -0.0646. The molecule has 0 radical (unpaired) electrons. The lowest BCUT2D eigenvalue weighted by Crippen LogP contribution is -2.67. The molecule has 1 heterocycles. The zero-order valence-corrected chi connectivity index (χ0v) is 16.4. The van der Waals surface area contributed by atoms with Crippen molar-refractivity contribution < 1.29 is 14.3 Å². The average molecular weight is 348 g/mol. The highest BCUT2D eigenvalue weighted by Gasteiger charge is 2.44. The first-order valence-corrected chi connectivity index (χ1v) is 8.90. The number of benzene rings is 1. The molecule has 0 saturated carbocycles. The van der Waals surface area contributed by atoms with E-state index in [2.05, 4.69) is 43.0 Å². The maximum Gasteiger partial charge on any atom is 0.411 e. The van der Waals surface area contributed by atoms with E-state index in [1.165, 1.54) is 5.56 Å². The number of piperazine rings is 1. The minimum Gasteiger partial charge on any atom is -0.444 e. The summed E-state index contributed by atoms with van der Waals surface area (Å²) < 4.78 is 11.1. The first-order valence-electron chi connectivity index (χ1n) is 8.90. The quantitative estimate of drug-likeness (QED) is 0.835. The zero-order valence-electron chi connectivity index (χ0n) is 16.4. The van der Waals surface area contributed by atoms with E-state index in [0.717, 1.165) is 19.6 Å². The van der Waals surface area contributed by atoms with Crippen LogP contribution >= 0.6 is 0 Å². The molecule has 1 aromatic carbocycles. The van der Waals surface area contributed by atoms with Crippen molar-refractivity contribution in [3.63, 3.8) is 0 Å². The fraction of sp³-hybridized carbons (Fsp3) is 0.650. The van der Waals surface area contributed by atoms with Crippen molar-refractivity contribution in [1.29, 1.82) is 0 Å². The first kappa shape index (κ1) is 19.7. The predicted molar refractivity (Wildman–Crippen MR) is 99.5 cm³/mol. The van der Waals surface area contributed by atoms with Crippen molar-refractivity contribution in [2.24, 2.45) is 0 Å². The Morgan fingerprint density at radius 3 is 2.44 bits per heavy atom. The number of methoxy groups -OCH3 is 1. The van der Waals surface area contributed by atoms with Crippen LogP contribution in [0.4, 0.5) is 4.79 Å². The van der Waals surface area contributed by atoms with E-state index in [-0.39, 0.29) is 17.7 Å². The molecule has 5 heteroatoms. The molecule has 1 aliphatic rings. The van der Waals surface area contributed by atoms with Gasteiger partial charge in [0.1, 0.15) is 5.60 Å². The molecule has 1 aliphatic heterocycles.